The number of hydrogen-bond acceptors (Lipinski definition) is 5. The highest BCUT2D eigenvalue weighted by molar-refractivity contribution is 5.91. The van der Waals surface area contributed by atoms with Crippen LogP contribution in [0.5, 0.6) is 17.4 Å². The van der Waals surface area contributed by atoms with Crippen molar-refractivity contribution < 1.29 is 19.4 Å². The summed E-state index contributed by atoms with van der Waals surface area (Å²) in [5.74, 6) is -0.177. The van der Waals surface area contributed by atoms with E-state index in [1.54, 1.807) is 35.1 Å². The number of benzene rings is 1. The topological polar surface area (TPSA) is 86.0 Å². The predicted molar refractivity (Wildman–Crippen MR) is 73.0 cm³/mol. The van der Waals surface area contributed by atoms with E-state index >= 15 is 0 Å². The van der Waals surface area contributed by atoms with E-state index in [1.807, 2.05) is 0 Å². The third kappa shape index (κ3) is 2.48. The summed E-state index contributed by atoms with van der Waals surface area (Å²) in [6.07, 6.45) is 3.30. The Morgan fingerprint density at radius 1 is 1.29 bits per heavy atom. The zero-order valence-electron chi connectivity index (χ0n) is 11.1. The molecule has 0 aliphatic carbocycles. The molecule has 0 aliphatic rings. The zero-order valence-corrected chi connectivity index (χ0v) is 11.1. The maximum atomic E-state index is 11.3. The number of rotatable bonds is 4. The molecule has 106 valence electrons. The van der Waals surface area contributed by atoms with Crippen LogP contribution in [0, 0.1) is 0 Å². The highest BCUT2D eigenvalue weighted by Gasteiger charge is 2.14. The highest BCUT2D eigenvalue weighted by Crippen LogP contribution is 2.28. The van der Waals surface area contributed by atoms with Crippen LogP contribution >= 0.6 is 0 Å². The minimum absolute atomic E-state index is 0.00420. The molecule has 0 saturated carbocycles. The first-order chi connectivity index (χ1) is 10.2. The number of carboxylic acid groups (broad SMARTS) is 1. The standard InChI is InChI=1S/C14H11N3O4/c1-20-9-2-3-11(10(8-9)14(18)19)21-13-5-7-17-12(16-13)4-6-15-17/h2-8H,1H3,(H,18,19). The maximum Gasteiger partial charge on any atom is 0.339 e. The molecule has 2 heterocycles. The van der Waals surface area contributed by atoms with Crippen LogP contribution in [0.4, 0.5) is 0 Å². The summed E-state index contributed by atoms with van der Waals surface area (Å²) in [5.41, 5.74) is 0.613. The average molecular weight is 285 g/mol. The number of carboxylic acids is 1. The number of nitrogens with zero attached hydrogens (tertiary/aromatic N) is 3. The van der Waals surface area contributed by atoms with E-state index < -0.39 is 5.97 Å². The molecule has 3 aromatic rings. The molecular weight excluding hydrogens is 274 g/mol. The van der Waals surface area contributed by atoms with Gasteiger partial charge in [-0.1, -0.05) is 0 Å². The van der Waals surface area contributed by atoms with Gasteiger partial charge in [0.25, 0.3) is 0 Å². The molecule has 7 heteroatoms. The molecule has 7 nitrogen and oxygen atoms in total. The molecular formula is C14H11N3O4. The zero-order chi connectivity index (χ0) is 14.8. The van der Waals surface area contributed by atoms with Crippen LogP contribution in [0.2, 0.25) is 0 Å². The molecule has 0 aliphatic heterocycles. The van der Waals surface area contributed by atoms with Crippen LogP contribution in [-0.4, -0.2) is 32.8 Å². The van der Waals surface area contributed by atoms with Crippen molar-refractivity contribution in [3.63, 3.8) is 0 Å². The third-order valence-electron chi connectivity index (χ3n) is 2.86. The van der Waals surface area contributed by atoms with Gasteiger partial charge in [0.1, 0.15) is 17.1 Å². The number of methoxy groups -OCH3 is 1. The smallest absolute Gasteiger partial charge is 0.339 e. The van der Waals surface area contributed by atoms with E-state index in [4.69, 9.17) is 9.47 Å². The van der Waals surface area contributed by atoms with Crippen molar-refractivity contribution in [3.05, 3.63) is 48.3 Å². The van der Waals surface area contributed by atoms with Gasteiger partial charge in [0.15, 0.2) is 5.65 Å². The molecule has 21 heavy (non-hydrogen) atoms. The fourth-order valence-electron chi connectivity index (χ4n) is 1.86. The van der Waals surface area contributed by atoms with E-state index in [1.165, 1.54) is 19.2 Å². The first-order valence-corrected chi connectivity index (χ1v) is 6.07. The largest absolute Gasteiger partial charge is 0.497 e. The first kappa shape index (κ1) is 12.9. The minimum atomic E-state index is -1.10. The Morgan fingerprint density at radius 2 is 2.14 bits per heavy atom. The Hall–Kier alpha value is -3.09. The SMILES string of the molecule is COc1ccc(Oc2ccn3nccc3n2)c(C(=O)O)c1. The average Bonchev–Trinajstić information content (AvgIpc) is 2.95. The van der Waals surface area contributed by atoms with E-state index in [-0.39, 0.29) is 17.2 Å². The Labute approximate surface area is 119 Å². The van der Waals surface area contributed by atoms with Gasteiger partial charge in [0.2, 0.25) is 5.88 Å². The quantitative estimate of drug-likeness (QED) is 0.791. The molecule has 3 rings (SSSR count). The third-order valence-corrected chi connectivity index (χ3v) is 2.86. The van der Waals surface area contributed by atoms with Crippen molar-refractivity contribution in [2.75, 3.05) is 7.11 Å². The molecule has 1 aromatic carbocycles. The lowest BCUT2D eigenvalue weighted by molar-refractivity contribution is 0.0693. The molecule has 0 radical (unpaired) electrons. The lowest BCUT2D eigenvalue weighted by Gasteiger charge is -2.09. The molecule has 0 fully saturated rings. The molecule has 0 atom stereocenters. The van der Waals surface area contributed by atoms with Crippen LogP contribution < -0.4 is 9.47 Å². The van der Waals surface area contributed by atoms with E-state index in [2.05, 4.69) is 10.1 Å². The summed E-state index contributed by atoms with van der Waals surface area (Å²) >= 11 is 0. The van der Waals surface area contributed by atoms with Crippen LogP contribution in [0.3, 0.4) is 0 Å². The number of carbonyl (C=O) groups is 1. The van der Waals surface area contributed by atoms with Gasteiger partial charge in [0.05, 0.1) is 13.3 Å². The Morgan fingerprint density at radius 3 is 2.90 bits per heavy atom. The van der Waals surface area contributed by atoms with Crippen molar-refractivity contribution in [2.24, 2.45) is 0 Å². The number of fused-ring (bicyclic) bond motifs is 1. The van der Waals surface area contributed by atoms with Gasteiger partial charge >= 0.3 is 5.97 Å². The van der Waals surface area contributed by atoms with Gasteiger partial charge in [0, 0.05) is 18.3 Å². The van der Waals surface area contributed by atoms with Crippen LogP contribution in [-0.2, 0) is 0 Å². The summed E-state index contributed by atoms with van der Waals surface area (Å²) < 4.78 is 12.2. The second-order valence-corrected chi connectivity index (χ2v) is 4.17. The summed E-state index contributed by atoms with van der Waals surface area (Å²) in [5, 5.41) is 13.3. The normalized spacial score (nSPS) is 10.5. The van der Waals surface area contributed by atoms with E-state index in [9.17, 15) is 9.90 Å². The highest BCUT2D eigenvalue weighted by atomic mass is 16.5. The van der Waals surface area contributed by atoms with Crippen molar-refractivity contribution in [1.29, 1.82) is 0 Å². The van der Waals surface area contributed by atoms with E-state index in [0.717, 1.165) is 0 Å². The van der Waals surface area contributed by atoms with E-state index in [0.29, 0.717) is 11.4 Å². The minimum Gasteiger partial charge on any atom is -0.497 e. The predicted octanol–water partition coefficient (Wildman–Crippen LogP) is 2.23. The monoisotopic (exact) mass is 285 g/mol. The second kappa shape index (κ2) is 5.12. The van der Waals surface area contributed by atoms with Crippen molar-refractivity contribution >= 4 is 11.6 Å². The molecule has 0 unspecified atom stereocenters. The van der Waals surface area contributed by atoms with Crippen LogP contribution in [0.15, 0.2) is 42.7 Å². The van der Waals surface area contributed by atoms with Crippen molar-refractivity contribution in [1.82, 2.24) is 14.6 Å². The van der Waals surface area contributed by atoms with Gasteiger partial charge < -0.3 is 14.6 Å². The summed E-state index contributed by atoms with van der Waals surface area (Å²) in [4.78, 5) is 15.5. The fourth-order valence-corrected chi connectivity index (χ4v) is 1.86. The maximum absolute atomic E-state index is 11.3. The lowest BCUT2D eigenvalue weighted by Crippen LogP contribution is -2.02. The second-order valence-electron chi connectivity index (χ2n) is 4.17. The van der Waals surface area contributed by atoms with Crippen LogP contribution in [0.25, 0.3) is 5.65 Å². The molecule has 0 saturated heterocycles. The summed E-state index contributed by atoms with van der Waals surface area (Å²) in [7, 11) is 1.47. The summed E-state index contributed by atoms with van der Waals surface area (Å²) in [6.45, 7) is 0. The number of ether oxygens (including phenoxy) is 2. The van der Waals surface area contributed by atoms with Gasteiger partial charge in [-0.3, -0.25) is 0 Å². The Kier molecular flexibility index (Phi) is 3.15. The summed E-state index contributed by atoms with van der Waals surface area (Å²) in [6, 6.07) is 7.88. The fraction of sp³-hybridized carbons (Fsp3) is 0.0714. The van der Waals surface area contributed by atoms with Crippen molar-refractivity contribution in [2.45, 2.75) is 0 Å². The van der Waals surface area contributed by atoms with Gasteiger partial charge in [-0.2, -0.15) is 10.1 Å². The van der Waals surface area contributed by atoms with Gasteiger partial charge in [-0.15, -0.1) is 0 Å². The van der Waals surface area contributed by atoms with Crippen LogP contribution in [0.1, 0.15) is 10.4 Å². The molecule has 0 amide bonds. The molecule has 0 bridgehead atoms. The Balaban J connectivity index is 1.98. The number of aromatic carboxylic acids is 1. The van der Waals surface area contributed by atoms with Crippen molar-refractivity contribution in [3.8, 4) is 17.4 Å². The van der Waals surface area contributed by atoms with Gasteiger partial charge in [-0.25, -0.2) is 9.31 Å². The molecule has 0 spiro atoms. The van der Waals surface area contributed by atoms with Gasteiger partial charge in [-0.05, 0) is 18.2 Å². The Bertz CT molecular complexity index is 813. The lowest BCUT2D eigenvalue weighted by atomic mass is 10.2. The molecule has 2 aromatic heterocycles. The number of aromatic nitrogens is 3. The molecule has 1 N–H and O–H groups in total. The number of hydrogen-bond donors (Lipinski definition) is 1. The first-order valence-electron chi connectivity index (χ1n) is 6.07.